The van der Waals surface area contributed by atoms with Gasteiger partial charge < -0.3 is 19.4 Å². The maximum Gasteiger partial charge on any atom is 0.318 e. The molecular weight excluding hydrogens is 546 g/mol. The van der Waals surface area contributed by atoms with Gasteiger partial charge in [-0.2, -0.15) is 9.97 Å². The summed E-state index contributed by atoms with van der Waals surface area (Å²) in [5.74, 6) is 1.09. The first kappa shape index (κ1) is 33.3. The van der Waals surface area contributed by atoms with Crippen molar-refractivity contribution in [3.8, 4) is 6.01 Å². The minimum Gasteiger partial charge on any atom is -0.467 e. The number of anilines is 2. The molecule has 0 N–H and O–H groups in total. The van der Waals surface area contributed by atoms with E-state index in [1.165, 1.54) is 63.8 Å². The number of halogens is 1. The monoisotopic (exact) mass is 593 g/mol. The smallest absolute Gasteiger partial charge is 0.318 e. The fourth-order valence-electron chi connectivity index (χ4n) is 5.47. The zero-order chi connectivity index (χ0) is 30.5. The molecule has 2 fully saturated rings. The van der Waals surface area contributed by atoms with E-state index in [2.05, 4.69) is 52.6 Å². The second-order valence-corrected chi connectivity index (χ2v) is 11.0. The Morgan fingerprint density at radius 2 is 1.55 bits per heavy atom. The lowest BCUT2D eigenvalue weighted by molar-refractivity contribution is -0.112. The highest BCUT2D eigenvalue weighted by Gasteiger charge is 2.27. The molecule has 1 aromatic heterocycles. The normalized spacial score (nSPS) is 16.1. The Hall–Kier alpha value is -3.16. The summed E-state index contributed by atoms with van der Waals surface area (Å²) < 4.78 is 5.45. The van der Waals surface area contributed by atoms with Crippen LogP contribution in [0.5, 0.6) is 6.01 Å². The molecule has 0 amide bonds. The van der Waals surface area contributed by atoms with Gasteiger partial charge in [-0.1, -0.05) is 56.3 Å². The van der Waals surface area contributed by atoms with Crippen molar-refractivity contribution in [3.63, 3.8) is 0 Å². The average Bonchev–Trinajstić information content (AvgIpc) is 3.52. The van der Waals surface area contributed by atoms with Gasteiger partial charge in [-0.05, 0) is 89.2 Å². The number of carbonyl (C=O) groups is 1. The van der Waals surface area contributed by atoms with Gasteiger partial charge in [-0.25, -0.2) is 0 Å². The minimum absolute atomic E-state index is 0.0185. The van der Waals surface area contributed by atoms with Crippen molar-refractivity contribution in [1.82, 2.24) is 14.9 Å². The van der Waals surface area contributed by atoms with Crippen LogP contribution in [0, 0.1) is 0 Å². The summed E-state index contributed by atoms with van der Waals surface area (Å²) in [6, 6.07) is 12.9. The number of piperidine rings is 1. The molecule has 8 heteroatoms. The lowest BCUT2D eigenvalue weighted by Crippen LogP contribution is -2.36. The molecule has 3 aliphatic heterocycles. The van der Waals surface area contributed by atoms with Crippen LogP contribution in [0.4, 0.5) is 11.5 Å². The van der Waals surface area contributed by atoms with Crippen molar-refractivity contribution in [2.45, 2.75) is 65.8 Å². The van der Waals surface area contributed by atoms with Crippen molar-refractivity contribution >= 4 is 39.7 Å². The number of fused-ring (bicyclic) bond motifs is 2. The number of rotatable bonds is 4. The number of allylic oxidation sites excluding steroid dienone is 1. The maximum absolute atomic E-state index is 9.69. The van der Waals surface area contributed by atoms with Crippen molar-refractivity contribution < 1.29 is 9.53 Å². The molecule has 2 saturated heterocycles. The van der Waals surface area contributed by atoms with Crippen molar-refractivity contribution in [1.29, 1.82) is 0 Å². The third-order valence-electron chi connectivity index (χ3n) is 7.65. The van der Waals surface area contributed by atoms with Crippen LogP contribution in [-0.2, 0) is 17.8 Å². The Kier molecular flexibility index (Phi) is 13.6. The number of ether oxygens (including phenoxy) is 1. The Morgan fingerprint density at radius 1 is 0.929 bits per heavy atom. The van der Waals surface area contributed by atoms with Gasteiger partial charge in [-0.3, -0.25) is 4.79 Å². The van der Waals surface area contributed by atoms with E-state index in [9.17, 15) is 4.79 Å². The van der Waals surface area contributed by atoms with Gasteiger partial charge in [0.1, 0.15) is 5.82 Å². The summed E-state index contributed by atoms with van der Waals surface area (Å²) in [7, 11) is 3.82. The molecule has 3 aromatic rings. The molecule has 228 valence electrons. The predicted molar refractivity (Wildman–Crippen MR) is 177 cm³/mol. The van der Waals surface area contributed by atoms with Crippen molar-refractivity contribution in [2.75, 3.05) is 56.7 Å². The third-order valence-corrected chi connectivity index (χ3v) is 7.97. The van der Waals surface area contributed by atoms with Crippen LogP contribution < -0.4 is 14.5 Å². The number of aromatic nitrogens is 2. The number of methoxy groups -OCH3 is 1. The molecule has 2 aromatic carbocycles. The van der Waals surface area contributed by atoms with E-state index < -0.39 is 0 Å². The Bertz CT molecular complexity index is 1300. The van der Waals surface area contributed by atoms with Crippen LogP contribution in [0.3, 0.4) is 0 Å². The molecule has 0 saturated carbocycles. The summed E-state index contributed by atoms with van der Waals surface area (Å²) in [6.45, 7) is 15.1. The molecule has 0 radical (unpaired) electrons. The Labute approximate surface area is 257 Å². The largest absolute Gasteiger partial charge is 0.467 e. The molecule has 6 rings (SSSR count). The molecule has 4 heterocycles. The van der Waals surface area contributed by atoms with Gasteiger partial charge in [0.05, 0.1) is 24.4 Å². The highest BCUT2D eigenvalue weighted by atomic mass is 35.5. The number of carbonyl (C=O) groups excluding carboxylic acids is 1. The fourth-order valence-corrected chi connectivity index (χ4v) is 5.75. The molecule has 0 spiro atoms. The van der Waals surface area contributed by atoms with E-state index in [1.54, 1.807) is 7.11 Å². The average molecular weight is 594 g/mol. The van der Waals surface area contributed by atoms with Crippen molar-refractivity contribution in [3.05, 3.63) is 65.3 Å². The van der Waals surface area contributed by atoms with E-state index in [-0.39, 0.29) is 5.78 Å². The molecule has 0 unspecified atom stereocenters. The number of hydrogen-bond donors (Lipinski definition) is 0. The zero-order valence-corrected chi connectivity index (χ0v) is 26.9. The predicted octanol–water partition coefficient (Wildman–Crippen LogP) is 7.34. The molecule has 0 aliphatic carbocycles. The number of benzene rings is 2. The van der Waals surface area contributed by atoms with Crippen LogP contribution in [0.2, 0.25) is 5.02 Å². The highest BCUT2D eigenvalue weighted by molar-refractivity contribution is 6.36. The van der Waals surface area contributed by atoms with E-state index >= 15 is 0 Å². The van der Waals surface area contributed by atoms with Crippen LogP contribution in [0.25, 0.3) is 10.8 Å². The summed E-state index contributed by atoms with van der Waals surface area (Å²) in [4.78, 5) is 26.3. The zero-order valence-electron chi connectivity index (χ0n) is 26.2. The Balaban J connectivity index is 0.000000312. The van der Waals surface area contributed by atoms with E-state index in [0.29, 0.717) is 6.01 Å². The highest BCUT2D eigenvalue weighted by Crippen LogP contribution is 2.37. The summed E-state index contributed by atoms with van der Waals surface area (Å²) in [5.41, 5.74) is 3.50. The maximum atomic E-state index is 9.69. The fraction of sp³-hybridized carbons (Fsp3) is 0.500. The topological polar surface area (TPSA) is 61.8 Å². The number of nitrogens with zero attached hydrogens (tertiary/aromatic N) is 5. The van der Waals surface area contributed by atoms with E-state index in [1.807, 2.05) is 26.0 Å². The van der Waals surface area contributed by atoms with E-state index in [0.717, 1.165) is 65.6 Å². The van der Waals surface area contributed by atoms with Crippen LogP contribution in [0.15, 0.2) is 49.1 Å². The van der Waals surface area contributed by atoms with Crippen LogP contribution >= 0.6 is 11.6 Å². The van der Waals surface area contributed by atoms with Gasteiger partial charge in [-0.15, -0.1) is 0 Å². The lowest BCUT2D eigenvalue weighted by atomic mass is 10.0. The van der Waals surface area contributed by atoms with Gasteiger partial charge >= 0.3 is 6.01 Å². The first-order valence-electron chi connectivity index (χ1n) is 15.3. The second-order valence-electron chi connectivity index (χ2n) is 10.6. The number of likely N-dealkylation sites (tertiary alicyclic amines) is 1. The molecule has 7 nitrogen and oxygen atoms in total. The molecule has 0 bridgehead atoms. The molecule has 42 heavy (non-hydrogen) atoms. The first-order valence-corrected chi connectivity index (χ1v) is 15.7. The first-order chi connectivity index (χ1) is 20.4. The summed E-state index contributed by atoms with van der Waals surface area (Å²) >= 11 is 6.58. The van der Waals surface area contributed by atoms with Crippen LogP contribution in [0.1, 0.15) is 64.1 Å². The molecule has 0 atom stereocenters. The quantitative estimate of drug-likeness (QED) is 0.293. The second kappa shape index (κ2) is 17.1. The summed E-state index contributed by atoms with van der Waals surface area (Å²) in [6.07, 6.45) is 8.78. The number of ketones is 1. The minimum atomic E-state index is 0.0185. The van der Waals surface area contributed by atoms with Gasteiger partial charge in [0.2, 0.25) is 0 Å². The van der Waals surface area contributed by atoms with E-state index in [4.69, 9.17) is 26.3 Å². The third kappa shape index (κ3) is 8.92. The molecule has 3 aliphatic rings. The van der Waals surface area contributed by atoms with Crippen LogP contribution in [-0.4, -0.2) is 67.5 Å². The van der Waals surface area contributed by atoms with Crippen molar-refractivity contribution in [2.24, 2.45) is 0 Å². The lowest BCUT2D eigenvalue weighted by Gasteiger charge is -2.35. The van der Waals surface area contributed by atoms with Gasteiger partial charge in [0.25, 0.3) is 0 Å². The molecular formula is C34H48ClN5O2. The van der Waals surface area contributed by atoms with Gasteiger partial charge in [0.15, 0.2) is 5.78 Å². The summed E-state index contributed by atoms with van der Waals surface area (Å²) in [5, 5.41) is 3.06. The van der Waals surface area contributed by atoms with Gasteiger partial charge in [0, 0.05) is 36.3 Å². The SMILES string of the molecule is C=CC(C)=O.CC.CN1CCCC1.COc1nc2c(c(N3CCCCC3)n1)CCN(c1cccc3cccc(Cl)c13)C2. The number of hydrogen-bond acceptors (Lipinski definition) is 7. The standard InChI is InChI=1S/C23H25ClN4O.C5H11N.C4H6O.C2H6/c1-29-23-25-19-15-28(20-10-6-8-16-7-5-9-18(24)21(16)20)14-11-17(19)22(26-23)27-12-3-2-4-13-27;1-6-4-2-3-5-6;1-3-4(2)5;1-2/h5-10H,2-4,11-15H2,1H3;2-5H2,1H3;3H,1H2,2H3;1-2H3. The Morgan fingerprint density at radius 3 is 2.12 bits per heavy atom.